The van der Waals surface area contributed by atoms with Crippen molar-refractivity contribution in [2.45, 2.75) is 51.1 Å². The van der Waals surface area contributed by atoms with Gasteiger partial charge in [0.25, 0.3) is 11.5 Å². The molecule has 194 valence electrons. The van der Waals surface area contributed by atoms with E-state index in [4.69, 9.17) is 4.74 Å². The number of rotatable bonds is 4. The number of hydrogen-bond donors (Lipinski definition) is 0. The molecule has 1 aliphatic carbocycles. The number of carbonyl (C=O) groups is 1. The molecule has 1 amide bonds. The van der Waals surface area contributed by atoms with Crippen LogP contribution >= 0.6 is 0 Å². The van der Waals surface area contributed by atoms with Gasteiger partial charge in [0.15, 0.2) is 0 Å². The van der Waals surface area contributed by atoms with Gasteiger partial charge in [-0.1, -0.05) is 0 Å². The Morgan fingerprint density at radius 3 is 2.65 bits per heavy atom. The first-order valence-electron chi connectivity index (χ1n) is 12.0. The third kappa shape index (κ3) is 3.79. The summed E-state index contributed by atoms with van der Waals surface area (Å²) in [7, 11) is 0. The number of fused-ring (bicyclic) bond motifs is 4. The first-order chi connectivity index (χ1) is 17.4. The van der Waals surface area contributed by atoms with Crippen molar-refractivity contribution in [2.24, 2.45) is 5.92 Å². The summed E-state index contributed by atoms with van der Waals surface area (Å²) in [5.41, 5.74) is 0.678. The molecule has 1 fully saturated rings. The minimum absolute atomic E-state index is 0.0115. The summed E-state index contributed by atoms with van der Waals surface area (Å²) >= 11 is 0. The topological polar surface area (TPSA) is 78.6 Å². The van der Waals surface area contributed by atoms with Gasteiger partial charge in [-0.25, -0.2) is 4.98 Å². The van der Waals surface area contributed by atoms with Crippen LogP contribution in [0.5, 0.6) is 11.5 Å². The van der Waals surface area contributed by atoms with Gasteiger partial charge in [0.1, 0.15) is 28.5 Å². The minimum Gasteiger partial charge on any atom is -0.487 e. The number of ether oxygens (including phenoxy) is 2. The van der Waals surface area contributed by atoms with Crippen molar-refractivity contribution >= 4 is 5.91 Å². The third-order valence-corrected chi connectivity index (χ3v) is 7.73. The molecule has 4 heterocycles. The molecule has 6 rings (SSSR count). The van der Waals surface area contributed by atoms with E-state index in [0.29, 0.717) is 43.1 Å². The van der Waals surface area contributed by atoms with Gasteiger partial charge in [-0.2, -0.15) is 0 Å². The number of alkyl halides is 3. The molecule has 2 aliphatic heterocycles. The SMILES string of the molecule is Cc1cn(-c2ccc3n(c2=O)CCN(CC24C[C@H]2C(C)(C)Oc2ccc(OC(F)(F)F)cc24)C3=O)cn1. The lowest BCUT2D eigenvalue weighted by Crippen LogP contribution is -2.50. The van der Waals surface area contributed by atoms with E-state index in [9.17, 15) is 22.8 Å². The van der Waals surface area contributed by atoms with Gasteiger partial charge >= 0.3 is 6.36 Å². The average molecular weight is 515 g/mol. The van der Waals surface area contributed by atoms with Crippen LogP contribution in [0.3, 0.4) is 0 Å². The van der Waals surface area contributed by atoms with Crippen LogP contribution in [-0.4, -0.2) is 50.0 Å². The molecule has 0 saturated heterocycles. The zero-order valence-electron chi connectivity index (χ0n) is 20.5. The number of imidazole rings is 1. The summed E-state index contributed by atoms with van der Waals surface area (Å²) in [4.78, 5) is 32.5. The molecule has 2 aromatic heterocycles. The predicted molar refractivity (Wildman–Crippen MR) is 126 cm³/mol. The second-order valence-electron chi connectivity index (χ2n) is 10.5. The molecular weight excluding hydrogens is 489 g/mol. The molecule has 2 atom stereocenters. The third-order valence-electron chi connectivity index (χ3n) is 7.73. The quantitative estimate of drug-likeness (QED) is 0.529. The molecule has 0 radical (unpaired) electrons. The summed E-state index contributed by atoms with van der Waals surface area (Å²) < 4.78 is 52.1. The van der Waals surface area contributed by atoms with Gasteiger partial charge in [-0.05, 0) is 57.5 Å². The Morgan fingerprint density at radius 2 is 1.95 bits per heavy atom. The summed E-state index contributed by atoms with van der Waals surface area (Å²) in [6.07, 6.45) is -0.844. The highest BCUT2D eigenvalue weighted by atomic mass is 19.4. The van der Waals surface area contributed by atoms with Crippen molar-refractivity contribution in [3.63, 3.8) is 0 Å². The number of pyridine rings is 1. The molecule has 3 aliphatic rings. The van der Waals surface area contributed by atoms with Gasteiger partial charge in [-0.15, -0.1) is 13.2 Å². The van der Waals surface area contributed by atoms with E-state index in [1.807, 2.05) is 20.8 Å². The highest BCUT2D eigenvalue weighted by Crippen LogP contribution is 2.65. The van der Waals surface area contributed by atoms with E-state index >= 15 is 0 Å². The molecule has 1 unspecified atom stereocenters. The molecular formula is C26H25F3N4O4. The van der Waals surface area contributed by atoms with Crippen LogP contribution in [0.1, 0.15) is 42.0 Å². The van der Waals surface area contributed by atoms with E-state index in [1.165, 1.54) is 22.8 Å². The zero-order chi connectivity index (χ0) is 26.3. The molecule has 1 aromatic carbocycles. The number of aryl methyl sites for hydroxylation is 1. The van der Waals surface area contributed by atoms with Crippen molar-refractivity contribution in [2.75, 3.05) is 13.1 Å². The van der Waals surface area contributed by atoms with Gasteiger partial charge < -0.3 is 23.5 Å². The fourth-order valence-electron chi connectivity index (χ4n) is 6.01. The second kappa shape index (κ2) is 7.62. The summed E-state index contributed by atoms with van der Waals surface area (Å²) in [6, 6.07) is 7.38. The Labute approximate surface area is 210 Å². The normalized spacial score (nSPS) is 23.6. The Hall–Kier alpha value is -3.76. The Bertz CT molecular complexity index is 1490. The Morgan fingerprint density at radius 1 is 1.16 bits per heavy atom. The highest BCUT2D eigenvalue weighted by molar-refractivity contribution is 5.93. The van der Waals surface area contributed by atoms with Crippen LogP contribution in [0.15, 0.2) is 47.7 Å². The largest absolute Gasteiger partial charge is 0.573 e. The number of nitrogens with zero attached hydrogens (tertiary/aromatic N) is 4. The highest BCUT2D eigenvalue weighted by Gasteiger charge is 2.67. The van der Waals surface area contributed by atoms with E-state index in [-0.39, 0.29) is 28.8 Å². The Kier molecular flexibility index (Phi) is 4.87. The van der Waals surface area contributed by atoms with E-state index < -0.39 is 17.4 Å². The number of halogens is 3. The summed E-state index contributed by atoms with van der Waals surface area (Å²) in [6.45, 7) is 6.66. The second-order valence-corrected chi connectivity index (χ2v) is 10.5. The first kappa shape index (κ1) is 23.6. The zero-order valence-corrected chi connectivity index (χ0v) is 20.5. The van der Waals surface area contributed by atoms with Crippen LogP contribution in [0.4, 0.5) is 13.2 Å². The summed E-state index contributed by atoms with van der Waals surface area (Å²) in [5.74, 6) is -0.0963. The lowest BCUT2D eigenvalue weighted by atomic mass is 9.83. The lowest BCUT2D eigenvalue weighted by Gasteiger charge is -2.40. The van der Waals surface area contributed by atoms with Crippen molar-refractivity contribution < 1.29 is 27.4 Å². The fraction of sp³-hybridized carbons (Fsp3) is 0.423. The number of amides is 1. The van der Waals surface area contributed by atoms with Crippen molar-refractivity contribution in [1.29, 1.82) is 0 Å². The maximum atomic E-state index is 13.5. The molecule has 11 heteroatoms. The van der Waals surface area contributed by atoms with Crippen LogP contribution in [0, 0.1) is 12.8 Å². The maximum absolute atomic E-state index is 13.5. The average Bonchev–Trinajstić information content (AvgIpc) is 3.42. The molecule has 0 spiro atoms. The molecule has 8 nitrogen and oxygen atoms in total. The standard InChI is InChI=1S/C26H25F3N4O4/c1-15-12-32(14-30-15)18-5-6-19-22(34)31(8-9-33(19)23(18)35)13-25-11-21(25)24(2,3)37-20-7-4-16(10-17(20)25)36-26(27,28)29/h4-7,10,12,14,21H,8-9,11,13H2,1-3H3/t21-,25?/m0/s1. The maximum Gasteiger partial charge on any atom is 0.573 e. The molecule has 0 N–H and O–H groups in total. The van der Waals surface area contributed by atoms with Gasteiger partial charge in [-0.3, -0.25) is 9.59 Å². The molecule has 3 aromatic rings. The van der Waals surface area contributed by atoms with Crippen molar-refractivity contribution in [1.82, 2.24) is 19.0 Å². The van der Waals surface area contributed by atoms with Gasteiger partial charge in [0, 0.05) is 42.7 Å². The number of carbonyl (C=O) groups excluding carboxylic acids is 1. The monoisotopic (exact) mass is 514 g/mol. The minimum atomic E-state index is -4.81. The lowest BCUT2D eigenvalue weighted by molar-refractivity contribution is -0.274. The van der Waals surface area contributed by atoms with Crippen LogP contribution in [0.2, 0.25) is 0 Å². The first-order valence-corrected chi connectivity index (χ1v) is 12.0. The molecule has 1 saturated carbocycles. The van der Waals surface area contributed by atoms with Gasteiger partial charge in [0.2, 0.25) is 0 Å². The summed E-state index contributed by atoms with van der Waals surface area (Å²) in [5, 5.41) is 0. The van der Waals surface area contributed by atoms with Gasteiger partial charge in [0.05, 0.1) is 12.0 Å². The van der Waals surface area contributed by atoms with E-state index in [1.54, 1.807) is 34.1 Å². The van der Waals surface area contributed by atoms with Crippen molar-refractivity contribution in [3.8, 4) is 17.2 Å². The number of aromatic nitrogens is 3. The van der Waals surface area contributed by atoms with Crippen LogP contribution < -0.4 is 15.0 Å². The van der Waals surface area contributed by atoms with Crippen LogP contribution in [-0.2, 0) is 12.0 Å². The molecule has 37 heavy (non-hydrogen) atoms. The number of benzene rings is 1. The predicted octanol–water partition coefficient (Wildman–Crippen LogP) is 3.83. The van der Waals surface area contributed by atoms with Crippen molar-refractivity contribution in [3.05, 3.63) is 70.2 Å². The fourth-order valence-corrected chi connectivity index (χ4v) is 6.01. The Balaban J connectivity index is 1.33. The van der Waals surface area contributed by atoms with E-state index in [2.05, 4.69) is 9.72 Å². The smallest absolute Gasteiger partial charge is 0.487 e. The van der Waals surface area contributed by atoms with E-state index in [0.717, 1.165) is 5.69 Å². The van der Waals surface area contributed by atoms with Crippen LogP contribution in [0.25, 0.3) is 5.69 Å². The number of hydrogen-bond acceptors (Lipinski definition) is 5. The molecule has 0 bridgehead atoms.